The Bertz CT molecular complexity index is 268. The van der Waals surface area contributed by atoms with Gasteiger partial charge >= 0.3 is 0 Å². The minimum atomic E-state index is -0.364. The van der Waals surface area contributed by atoms with E-state index < -0.39 is 0 Å². The van der Waals surface area contributed by atoms with Crippen LogP contribution in [0.15, 0.2) is 0 Å². The molecule has 0 saturated heterocycles. The summed E-state index contributed by atoms with van der Waals surface area (Å²) < 4.78 is 0. The lowest BCUT2D eigenvalue weighted by atomic mass is 9.66. The lowest BCUT2D eigenvalue weighted by molar-refractivity contribution is -0.136. The lowest BCUT2D eigenvalue weighted by Gasteiger charge is -2.36. The first-order valence-corrected chi connectivity index (χ1v) is 5.88. The Kier molecular flexibility index (Phi) is 3.69. The highest BCUT2D eigenvalue weighted by atomic mass is 16.1. The van der Waals surface area contributed by atoms with E-state index in [0.29, 0.717) is 30.5 Å². The second-order valence-electron chi connectivity index (χ2n) is 5.61. The predicted octanol–water partition coefficient (Wildman–Crippen LogP) is 3.00. The van der Waals surface area contributed by atoms with Crippen LogP contribution in [0, 0.1) is 17.3 Å². The monoisotopic (exact) mass is 210 g/mol. The molecule has 0 heterocycles. The molecule has 1 saturated carbocycles. The van der Waals surface area contributed by atoms with Crippen LogP contribution in [-0.4, -0.2) is 11.6 Å². The fourth-order valence-electron chi connectivity index (χ4n) is 2.54. The van der Waals surface area contributed by atoms with Gasteiger partial charge in [0.05, 0.1) is 0 Å². The van der Waals surface area contributed by atoms with Gasteiger partial charge in [-0.2, -0.15) is 0 Å². The van der Waals surface area contributed by atoms with Gasteiger partial charge in [0.25, 0.3) is 0 Å². The molecule has 2 heteroatoms. The van der Waals surface area contributed by atoms with Crippen molar-refractivity contribution in [3.05, 3.63) is 0 Å². The predicted molar refractivity (Wildman–Crippen MR) is 60.6 cm³/mol. The van der Waals surface area contributed by atoms with E-state index >= 15 is 0 Å². The van der Waals surface area contributed by atoms with Crippen molar-refractivity contribution in [2.75, 3.05) is 0 Å². The Labute approximate surface area is 92.4 Å². The normalized spacial score (nSPS) is 32.1. The SMILES string of the molecule is CC(=O)C[C@@]1(C)CC[C@H](C(C)C)CC1=O. The topological polar surface area (TPSA) is 34.1 Å². The number of hydrogen-bond acceptors (Lipinski definition) is 2. The summed E-state index contributed by atoms with van der Waals surface area (Å²) in [5, 5.41) is 0. The number of hydrogen-bond donors (Lipinski definition) is 0. The minimum Gasteiger partial charge on any atom is -0.300 e. The maximum absolute atomic E-state index is 12.0. The summed E-state index contributed by atoms with van der Waals surface area (Å²) in [6, 6.07) is 0. The van der Waals surface area contributed by atoms with Crippen LogP contribution in [-0.2, 0) is 9.59 Å². The van der Waals surface area contributed by atoms with Gasteiger partial charge in [0.15, 0.2) is 0 Å². The van der Waals surface area contributed by atoms with E-state index in [4.69, 9.17) is 0 Å². The molecule has 0 aromatic heterocycles. The summed E-state index contributed by atoms with van der Waals surface area (Å²) in [4.78, 5) is 23.1. The number of ketones is 2. The molecule has 2 atom stereocenters. The van der Waals surface area contributed by atoms with Gasteiger partial charge in [-0.15, -0.1) is 0 Å². The molecule has 0 aromatic carbocycles. The number of rotatable bonds is 3. The van der Waals surface area contributed by atoms with E-state index in [2.05, 4.69) is 13.8 Å². The Morgan fingerprint density at radius 3 is 2.53 bits per heavy atom. The summed E-state index contributed by atoms with van der Waals surface area (Å²) in [6.07, 6.45) is 3.07. The smallest absolute Gasteiger partial charge is 0.139 e. The Morgan fingerprint density at radius 2 is 2.13 bits per heavy atom. The quantitative estimate of drug-likeness (QED) is 0.717. The van der Waals surface area contributed by atoms with Crippen LogP contribution >= 0.6 is 0 Å². The maximum atomic E-state index is 12.0. The van der Waals surface area contributed by atoms with Crippen molar-refractivity contribution in [2.45, 2.75) is 53.4 Å². The molecule has 0 aliphatic heterocycles. The van der Waals surface area contributed by atoms with Gasteiger partial charge in [-0.3, -0.25) is 9.59 Å². The molecule has 0 spiro atoms. The average Bonchev–Trinajstić information content (AvgIpc) is 2.08. The first-order chi connectivity index (χ1) is 6.85. The van der Waals surface area contributed by atoms with Crippen LogP contribution < -0.4 is 0 Å². The van der Waals surface area contributed by atoms with Gasteiger partial charge in [0.1, 0.15) is 11.6 Å². The van der Waals surface area contributed by atoms with E-state index in [1.165, 1.54) is 0 Å². The first kappa shape index (κ1) is 12.4. The van der Waals surface area contributed by atoms with Crippen LogP contribution in [0.25, 0.3) is 0 Å². The molecule has 0 radical (unpaired) electrons. The largest absolute Gasteiger partial charge is 0.300 e. The summed E-state index contributed by atoms with van der Waals surface area (Å²) >= 11 is 0. The van der Waals surface area contributed by atoms with Crippen LogP contribution in [0.5, 0.6) is 0 Å². The molecular weight excluding hydrogens is 188 g/mol. The molecule has 2 nitrogen and oxygen atoms in total. The molecular formula is C13H22O2. The number of Topliss-reactive ketones (excluding diaryl/α,β-unsaturated/α-hetero) is 2. The third kappa shape index (κ3) is 2.90. The Hall–Kier alpha value is -0.660. The molecule has 0 N–H and O–H groups in total. The van der Waals surface area contributed by atoms with Crippen molar-refractivity contribution in [3.63, 3.8) is 0 Å². The maximum Gasteiger partial charge on any atom is 0.139 e. The summed E-state index contributed by atoms with van der Waals surface area (Å²) in [5.74, 6) is 1.53. The molecule has 1 aliphatic carbocycles. The van der Waals surface area contributed by atoms with Gasteiger partial charge in [-0.25, -0.2) is 0 Å². The van der Waals surface area contributed by atoms with Gasteiger partial charge in [0.2, 0.25) is 0 Å². The second-order valence-corrected chi connectivity index (χ2v) is 5.61. The fourth-order valence-corrected chi connectivity index (χ4v) is 2.54. The molecule has 0 unspecified atom stereocenters. The van der Waals surface area contributed by atoms with Crippen LogP contribution in [0.2, 0.25) is 0 Å². The van der Waals surface area contributed by atoms with Crippen LogP contribution in [0.1, 0.15) is 53.4 Å². The van der Waals surface area contributed by atoms with Crippen molar-refractivity contribution in [1.82, 2.24) is 0 Å². The van der Waals surface area contributed by atoms with Crippen molar-refractivity contribution in [3.8, 4) is 0 Å². The standard InChI is InChI=1S/C13H22O2/c1-9(2)11-5-6-13(4,8-10(3)14)12(15)7-11/h9,11H,5-8H2,1-4H3/t11-,13+/m0/s1. The Balaban J connectivity index is 2.66. The van der Waals surface area contributed by atoms with Crippen LogP contribution in [0.4, 0.5) is 0 Å². The highest BCUT2D eigenvalue weighted by molar-refractivity contribution is 5.90. The number of carbonyl (C=O) groups excluding carboxylic acids is 2. The summed E-state index contributed by atoms with van der Waals surface area (Å²) in [5.41, 5.74) is -0.364. The van der Waals surface area contributed by atoms with Crippen molar-refractivity contribution in [2.24, 2.45) is 17.3 Å². The zero-order chi connectivity index (χ0) is 11.6. The number of carbonyl (C=O) groups is 2. The van der Waals surface area contributed by atoms with Crippen molar-refractivity contribution in [1.29, 1.82) is 0 Å². The third-order valence-corrected chi connectivity index (χ3v) is 3.77. The van der Waals surface area contributed by atoms with E-state index in [-0.39, 0.29) is 11.2 Å². The molecule has 1 fully saturated rings. The van der Waals surface area contributed by atoms with Gasteiger partial charge in [-0.1, -0.05) is 20.8 Å². The van der Waals surface area contributed by atoms with Crippen molar-refractivity contribution >= 4 is 11.6 Å². The molecule has 1 rings (SSSR count). The molecule has 1 aliphatic rings. The van der Waals surface area contributed by atoms with E-state index in [1.54, 1.807) is 6.92 Å². The van der Waals surface area contributed by atoms with Crippen molar-refractivity contribution < 1.29 is 9.59 Å². The van der Waals surface area contributed by atoms with E-state index in [9.17, 15) is 9.59 Å². The average molecular weight is 210 g/mol. The molecule has 0 aromatic rings. The van der Waals surface area contributed by atoms with E-state index in [1.807, 2.05) is 6.92 Å². The minimum absolute atomic E-state index is 0.133. The van der Waals surface area contributed by atoms with E-state index in [0.717, 1.165) is 12.8 Å². The highest BCUT2D eigenvalue weighted by Crippen LogP contribution is 2.40. The lowest BCUT2D eigenvalue weighted by Crippen LogP contribution is -2.37. The molecule has 86 valence electrons. The van der Waals surface area contributed by atoms with Gasteiger partial charge < -0.3 is 0 Å². The Morgan fingerprint density at radius 1 is 1.53 bits per heavy atom. The third-order valence-electron chi connectivity index (χ3n) is 3.77. The highest BCUT2D eigenvalue weighted by Gasteiger charge is 2.39. The zero-order valence-electron chi connectivity index (χ0n) is 10.3. The summed E-state index contributed by atoms with van der Waals surface area (Å²) in [6.45, 7) is 7.87. The van der Waals surface area contributed by atoms with Gasteiger partial charge in [-0.05, 0) is 31.6 Å². The van der Waals surface area contributed by atoms with Gasteiger partial charge in [0, 0.05) is 18.3 Å². The fraction of sp³-hybridized carbons (Fsp3) is 0.846. The molecule has 0 amide bonds. The second kappa shape index (κ2) is 4.46. The molecule has 0 bridgehead atoms. The first-order valence-electron chi connectivity index (χ1n) is 5.88. The molecule has 15 heavy (non-hydrogen) atoms. The van der Waals surface area contributed by atoms with Crippen LogP contribution in [0.3, 0.4) is 0 Å². The zero-order valence-corrected chi connectivity index (χ0v) is 10.3. The summed E-state index contributed by atoms with van der Waals surface area (Å²) in [7, 11) is 0.